The van der Waals surface area contributed by atoms with Gasteiger partial charge >= 0.3 is 0 Å². The van der Waals surface area contributed by atoms with Crippen LogP contribution in [0, 0.1) is 13.8 Å². The Morgan fingerprint density at radius 1 is 1.00 bits per heavy atom. The number of carbonyl (C=O) groups is 2. The Morgan fingerprint density at radius 3 is 2.44 bits per heavy atom. The number of aryl methyl sites for hydroxylation is 2. The summed E-state index contributed by atoms with van der Waals surface area (Å²) in [6.45, 7) is 5.65. The molecule has 0 aliphatic heterocycles. The molecule has 0 aromatic heterocycles. The average molecular weight is 389 g/mol. The van der Waals surface area contributed by atoms with Crippen molar-refractivity contribution in [3.63, 3.8) is 0 Å². The van der Waals surface area contributed by atoms with Crippen molar-refractivity contribution < 1.29 is 18.0 Å². The summed E-state index contributed by atoms with van der Waals surface area (Å²) in [5, 5.41) is 5.07. The molecule has 0 bridgehead atoms. The number of hydrogen-bond acceptors (Lipinski definition) is 4. The lowest BCUT2D eigenvalue weighted by Crippen LogP contribution is -2.36. The summed E-state index contributed by atoms with van der Waals surface area (Å²) in [5.74, 6) is -0.758. The number of rotatable bonds is 7. The van der Waals surface area contributed by atoms with E-state index in [1.165, 1.54) is 6.07 Å². The predicted molar refractivity (Wildman–Crippen MR) is 104 cm³/mol. The van der Waals surface area contributed by atoms with Gasteiger partial charge in [0.05, 0.1) is 11.4 Å². The van der Waals surface area contributed by atoms with Gasteiger partial charge in [-0.3, -0.25) is 14.3 Å². The predicted octanol–water partition coefficient (Wildman–Crippen LogP) is 1.97. The molecule has 2 aromatic carbocycles. The fourth-order valence-electron chi connectivity index (χ4n) is 2.45. The highest BCUT2D eigenvalue weighted by Gasteiger charge is 2.18. The Bertz CT molecular complexity index is 955. The first kappa shape index (κ1) is 20.4. The third kappa shape index (κ3) is 5.55. The molecule has 144 valence electrons. The molecule has 0 radical (unpaired) electrons. The number of benzene rings is 2. The standard InChI is InChI=1S/C19H23N3O4S/c1-4-20-18(23)12-21-19(24)15-6-5-7-16(11-15)22-27(25,26)17-10-13(2)8-9-14(17)3/h5-11,22H,4,12H2,1-3H3,(H,20,23)(H,21,24). The molecule has 7 nitrogen and oxygen atoms in total. The van der Waals surface area contributed by atoms with Crippen LogP contribution in [0.5, 0.6) is 0 Å². The van der Waals surface area contributed by atoms with Crippen LogP contribution < -0.4 is 15.4 Å². The number of anilines is 1. The van der Waals surface area contributed by atoms with Crippen molar-refractivity contribution in [3.05, 3.63) is 59.2 Å². The number of likely N-dealkylation sites (N-methyl/N-ethyl adjacent to an activating group) is 1. The van der Waals surface area contributed by atoms with E-state index >= 15 is 0 Å². The molecule has 27 heavy (non-hydrogen) atoms. The zero-order valence-corrected chi connectivity index (χ0v) is 16.3. The highest BCUT2D eigenvalue weighted by atomic mass is 32.2. The summed E-state index contributed by atoms with van der Waals surface area (Å²) < 4.78 is 27.9. The largest absolute Gasteiger partial charge is 0.355 e. The molecule has 0 fully saturated rings. The van der Waals surface area contributed by atoms with E-state index < -0.39 is 15.9 Å². The Morgan fingerprint density at radius 2 is 1.74 bits per heavy atom. The number of hydrogen-bond donors (Lipinski definition) is 3. The minimum absolute atomic E-state index is 0.148. The molecule has 3 N–H and O–H groups in total. The van der Waals surface area contributed by atoms with Crippen molar-refractivity contribution in [2.45, 2.75) is 25.7 Å². The van der Waals surface area contributed by atoms with Crippen molar-refractivity contribution >= 4 is 27.5 Å². The van der Waals surface area contributed by atoms with Gasteiger partial charge in [0.25, 0.3) is 15.9 Å². The second-order valence-corrected chi connectivity index (χ2v) is 7.74. The molecule has 2 aromatic rings. The van der Waals surface area contributed by atoms with Crippen LogP contribution in [0.15, 0.2) is 47.4 Å². The van der Waals surface area contributed by atoms with Crippen molar-refractivity contribution in [3.8, 4) is 0 Å². The fourth-order valence-corrected chi connectivity index (χ4v) is 3.83. The first-order chi connectivity index (χ1) is 12.7. The van der Waals surface area contributed by atoms with E-state index in [4.69, 9.17) is 0 Å². The lowest BCUT2D eigenvalue weighted by atomic mass is 10.2. The Hall–Kier alpha value is -2.87. The van der Waals surface area contributed by atoms with Gasteiger partial charge in [-0.1, -0.05) is 18.2 Å². The molecule has 0 aliphatic carbocycles. The van der Waals surface area contributed by atoms with Gasteiger partial charge in [0.2, 0.25) is 5.91 Å². The molecule has 0 unspecified atom stereocenters. The van der Waals surface area contributed by atoms with Gasteiger partial charge < -0.3 is 10.6 Å². The van der Waals surface area contributed by atoms with Crippen LogP contribution in [-0.2, 0) is 14.8 Å². The molecule has 8 heteroatoms. The number of carbonyl (C=O) groups excluding carboxylic acids is 2. The van der Waals surface area contributed by atoms with Crippen molar-refractivity contribution in [1.29, 1.82) is 0 Å². The van der Waals surface area contributed by atoms with Gasteiger partial charge in [-0.05, 0) is 56.2 Å². The highest BCUT2D eigenvalue weighted by molar-refractivity contribution is 7.92. The summed E-state index contributed by atoms with van der Waals surface area (Å²) in [7, 11) is -3.79. The van der Waals surface area contributed by atoms with E-state index in [-0.39, 0.29) is 28.6 Å². The van der Waals surface area contributed by atoms with Crippen LogP contribution in [0.1, 0.15) is 28.4 Å². The van der Waals surface area contributed by atoms with Crippen LogP contribution in [-0.4, -0.2) is 33.3 Å². The summed E-state index contributed by atoms with van der Waals surface area (Å²) in [6, 6.07) is 11.3. The topological polar surface area (TPSA) is 104 Å². The Kier molecular flexibility index (Phi) is 6.57. The first-order valence-electron chi connectivity index (χ1n) is 8.48. The van der Waals surface area contributed by atoms with Gasteiger partial charge in [0.15, 0.2) is 0 Å². The average Bonchev–Trinajstić information content (AvgIpc) is 2.61. The molecule has 2 amide bonds. The monoisotopic (exact) mass is 389 g/mol. The minimum Gasteiger partial charge on any atom is -0.355 e. The molecule has 2 rings (SSSR count). The smallest absolute Gasteiger partial charge is 0.262 e. The maximum absolute atomic E-state index is 12.7. The van der Waals surface area contributed by atoms with Crippen LogP contribution in [0.4, 0.5) is 5.69 Å². The van der Waals surface area contributed by atoms with Gasteiger partial charge in [-0.2, -0.15) is 0 Å². The zero-order chi connectivity index (χ0) is 20.0. The van der Waals surface area contributed by atoms with Crippen molar-refractivity contribution in [2.75, 3.05) is 17.8 Å². The van der Waals surface area contributed by atoms with Crippen LogP contribution in [0.25, 0.3) is 0 Å². The van der Waals surface area contributed by atoms with E-state index in [1.807, 2.05) is 13.0 Å². The molecular formula is C19H23N3O4S. The highest BCUT2D eigenvalue weighted by Crippen LogP contribution is 2.21. The Labute approximate surface area is 159 Å². The van der Waals surface area contributed by atoms with Crippen LogP contribution >= 0.6 is 0 Å². The summed E-state index contributed by atoms with van der Waals surface area (Å²) in [4.78, 5) is 23.8. The maximum atomic E-state index is 12.7. The van der Waals surface area contributed by atoms with Crippen molar-refractivity contribution in [2.24, 2.45) is 0 Å². The third-order valence-electron chi connectivity index (χ3n) is 3.79. The van der Waals surface area contributed by atoms with E-state index in [0.717, 1.165) is 5.56 Å². The van der Waals surface area contributed by atoms with E-state index in [0.29, 0.717) is 12.1 Å². The molecule has 0 saturated heterocycles. The second kappa shape index (κ2) is 8.68. The van der Waals surface area contributed by atoms with Gasteiger partial charge in [-0.25, -0.2) is 8.42 Å². The Balaban J connectivity index is 2.16. The van der Waals surface area contributed by atoms with Gasteiger partial charge in [0, 0.05) is 17.8 Å². The van der Waals surface area contributed by atoms with Crippen LogP contribution in [0.3, 0.4) is 0 Å². The van der Waals surface area contributed by atoms with E-state index in [1.54, 1.807) is 44.2 Å². The summed E-state index contributed by atoms with van der Waals surface area (Å²) in [5.41, 5.74) is 1.98. The quantitative estimate of drug-likeness (QED) is 0.673. The molecule has 0 spiro atoms. The second-order valence-electron chi connectivity index (χ2n) is 6.09. The molecule has 0 heterocycles. The minimum atomic E-state index is -3.79. The lowest BCUT2D eigenvalue weighted by molar-refractivity contribution is -0.120. The maximum Gasteiger partial charge on any atom is 0.262 e. The van der Waals surface area contributed by atoms with Gasteiger partial charge in [0.1, 0.15) is 0 Å². The number of amides is 2. The SMILES string of the molecule is CCNC(=O)CNC(=O)c1cccc(NS(=O)(=O)c2cc(C)ccc2C)c1. The van der Waals surface area contributed by atoms with E-state index in [2.05, 4.69) is 15.4 Å². The lowest BCUT2D eigenvalue weighted by Gasteiger charge is -2.12. The van der Waals surface area contributed by atoms with E-state index in [9.17, 15) is 18.0 Å². The zero-order valence-electron chi connectivity index (χ0n) is 15.5. The molecule has 0 saturated carbocycles. The first-order valence-corrected chi connectivity index (χ1v) is 9.96. The fraction of sp³-hybridized carbons (Fsp3) is 0.263. The molecule has 0 atom stereocenters. The molecule has 0 aliphatic rings. The van der Waals surface area contributed by atoms with Crippen LogP contribution in [0.2, 0.25) is 0 Å². The third-order valence-corrected chi connectivity index (χ3v) is 5.32. The summed E-state index contributed by atoms with van der Waals surface area (Å²) >= 11 is 0. The number of nitrogens with one attached hydrogen (secondary N) is 3. The number of sulfonamides is 1. The normalized spacial score (nSPS) is 10.9. The summed E-state index contributed by atoms with van der Waals surface area (Å²) in [6.07, 6.45) is 0. The molecular weight excluding hydrogens is 366 g/mol. The van der Waals surface area contributed by atoms with Gasteiger partial charge in [-0.15, -0.1) is 0 Å². The van der Waals surface area contributed by atoms with Crippen molar-refractivity contribution in [1.82, 2.24) is 10.6 Å².